The van der Waals surface area contributed by atoms with E-state index < -0.39 is 0 Å². The lowest BCUT2D eigenvalue weighted by molar-refractivity contribution is 0.340. The van der Waals surface area contributed by atoms with E-state index in [0.29, 0.717) is 19.0 Å². The summed E-state index contributed by atoms with van der Waals surface area (Å²) in [4.78, 5) is 6.27. The van der Waals surface area contributed by atoms with Crippen LogP contribution in [0.2, 0.25) is 0 Å². The van der Waals surface area contributed by atoms with E-state index in [9.17, 15) is 0 Å². The molecule has 0 saturated carbocycles. The molecule has 96 valence electrons. The van der Waals surface area contributed by atoms with Gasteiger partial charge in [0.05, 0.1) is 25.0 Å². The molecule has 0 fully saturated rings. The van der Waals surface area contributed by atoms with Crippen LogP contribution in [0.15, 0.2) is 34.9 Å². The Morgan fingerprint density at radius 2 is 2.11 bits per heavy atom. The Bertz CT molecular complexity index is 508. The van der Waals surface area contributed by atoms with Gasteiger partial charge >= 0.3 is 0 Å². The molecule has 0 unspecified atom stereocenters. The third kappa shape index (κ3) is 2.83. The standard InChI is InChI=1S/C14H18N2O2/c1-4-17-13-8-6-5-7-12(13)16(3)10-14-15-9-11(2)18-14/h5-9H,4,10H2,1-3H3. The van der Waals surface area contributed by atoms with Crippen LogP contribution in [-0.4, -0.2) is 18.6 Å². The van der Waals surface area contributed by atoms with Crippen LogP contribution in [0.4, 0.5) is 5.69 Å². The lowest BCUT2D eigenvalue weighted by Gasteiger charge is -2.20. The molecule has 0 saturated heterocycles. The van der Waals surface area contributed by atoms with E-state index in [4.69, 9.17) is 9.15 Å². The van der Waals surface area contributed by atoms with Crippen molar-refractivity contribution in [2.45, 2.75) is 20.4 Å². The molecule has 18 heavy (non-hydrogen) atoms. The number of oxazole rings is 1. The van der Waals surface area contributed by atoms with Crippen molar-refractivity contribution in [3.8, 4) is 5.75 Å². The normalized spacial score (nSPS) is 10.4. The van der Waals surface area contributed by atoms with Gasteiger partial charge in [-0.1, -0.05) is 12.1 Å². The molecule has 4 nitrogen and oxygen atoms in total. The van der Waals surface area contributed by atoms with Crippen LogP contribution in [0.3, 0.4) is 0 Å². The van der Waals surface area contributed by atoms with Crippen molar-refractivity contribution in [2.75, 3.05) is 18.6 Å². The molecule has 1 heterocycles. The van der Waals surface area contributed by atoms with Gasteiger partial charge in [-0.25, -0.2) is 4.98 Å². The van der Waals surface area contributed by atoms with Crippen molar-refractivity contribution in [2.24, 2.45) is 0 Å². The van der Waals surface area contributed by atoms with Gasteiger partial charge in [0.15, 0.2) is 0 Å². The Kier molecular flexibility index (Phi) is 3.87. The third-order valence-corrected chi connectivity index (χ3v) is 2.62. The number of benzene rings is 1. The quantitative estimate of drug-likeness (QED) is 0.813. The monoisotopic (exact) mass is 246 g/mol. The van der Waals surface area contributed by atoms with Gasteiger partial charge in [0.1, 0.15) is 11.5 Å². The molecule has 0 aliphatic heterocycles. The predicted molar refractivity (Wildman–Crippen MR) is 71.0 cm³/mol. The number of ether oxygens (including phenoxy) is 1. The fourth-order valence-electron chi connectivity index (χ4n) is 1.81. The highest BCUT2D eigenvalue weighted by Gasteiger charge is 2.10. The average Bonchev–Trinajstić information content (AvgIpc) is 2.76. The first-order chi connectivity index (χ1) is 8.70. The number of hydrogen-bond acceptors (Lipinski definition) is 4. The van der Waals surface area contributed by atoms with Crippen LogP contribution in [0.5, 0.6) is 5.75 Å². The number of anilines is 1. The van der Waals surface area contributed by atoms with Crippen LogP contribution in [0, 0.1) is 6.92 Å². The molecule has 0 aliphatic carbocycles. The fraction of sp³-hybridized carbons (Fsp3) is 0.357. The topological polar surface area (TPSA) is 38.5 Å². The highest BCUT2D eigenvalue weighted by Crippen LogP contribution is 2.27. The van der Waals surface area contributed by atoms with Crippen LogP contribution < -0.4 is 9.64 Å². The predicted octanol–water partition coefficient (Wildman–Crippen LogP) is 3.02. The molecule has 0 N–H and O–H groups in total. The first kappa shape index (κ1) is 12.5. The van der Waals surface area contributed by atoms with E-state index in [1.54, 1.807) is 6.20 Å². The van der Waals surface area contributed by atoms with Gasteiger partial charge in [0.25, 0.3) is 0 Å². The minimum atomic E-state index is 0.623. The van der Waals surface area contributed by atoms with E-state index in [1.807, 2.05) is 45.2 Å². The summed E-state index contributed by atoms with van der Waals surface area (Å²) < 4.78 is 11.1. The Morgan fingerprint density at radius 3 is 2.78 bits per heavy atom. The summed E-state index contributed by atoms with van der Waals surface area (Å²) in [6, 6.07) is 7.96. The second-order valence-corrected chi connectivity index (χ2v) is 4.12. The van der Waals surface area contributed by atoms with E-state index in [-0.39, 0.29) is 0 Å². The lowest BCUT2D eigenvalue weighted by Crippen LogP contribution is -2.17. The van der Waals surface area contributed by atoms with Gasteiger partial charge in [-0.05, 0) is 26.0 Å². The second kappa shape index (κ2) is 5.58. The van der Waals surface area contributed by atoms with E-state index >= 15 is 0 Å². The molecule has 0 bridgehead atoms. The van der Waals surface area contributed by atoms with Crippen LogP contribution in [0.25, 0.3) is 0 Å². The highest BCUT2D eigenvalue weighted by molar-refractivity contribution is 5.57. The summed E-state index contributed by atoms with van der Waals surface area (Å²) in [5.41, 5.74) is 1.04. The SMILES string of the molecule is CCOc1ccccc1N(C)Cc1ncc(C)o1. The highest BCUT2D eigenvalue weighted by atomic mass is 16.5. The van der Waals surface area contributed by atoms with Crippen molar-refractivity contribution < 1.29 is 9.15 Å². The summed E-state index contributed by atoms with van der Waals surface area (Å²) in [7, 11) is 2.00. The minimum absolute atomic E-state index is 0.623. The van der Waals surface area contributed by atoms with Crippen LogP contribution in [0.1, 0.15) is 18.6 Å². The molecule has 2 aromatic rings. The summed E-state index contributed by atoms with van der Waals surface area (Å²) in [5, 5.41) is 0. The Labute approximate surface area is 107 Å². The third-order valence-electron chi connectivity index (χ3n) is 2.62. The Morgan fingerprint density at radius 1 is 1.33 bits per heavy atom. The van der Waals surface area contributed by atoms with Crippen molar-refractivity contribution in [3.05, 3.63) is 42.1 Å². The maximum Gasteiger partial charge on any atom is 0.213 e. The number of rotatable bonds is 5. The molecule has 2 rings (SSSR count). The second-order valence-electron chi connectivity index (χ2n) is 4.12. The smallest absolute Gasteiger partial charge is 0.213 e. The minimum Gasteiger partial charge on any atom is -0.492 e. The first-order valence-electron chi connectivity index (χ1n) is 6.05. The van der Waals surface area contributed by atoms with Gasteiger partial charge in [-0.3, -0.25) is 0 Å². The zero-order chi connectivity index (χ0) is 13.0. The first-order valence-corrected chi connectivity index (χ1v) is 6.05. The molecular formula is C14H18N2O2. The zero-order valence-electron chi connectivity index (χ0n) is 11.0. The summed E-state index contributed by atoms with van der Waals surface area (Å²) >= 11 is 0. The molecule has 1 aromatic heterocycles. The molecule has 4 heteroatoms. The summed E-state index contributed by atoms with van der Waals surface area (Å²) in [6.07, 6.45) is 1.73. The maximum atomic E-state index is 5.61. The molecule has 0 amide bonds. The largest absolute Gasteiger partial charge is 0.492 e. The Hall–Kier alpha value is -1.97. The van der Waals surface area contributed by atoms with Gasteiger partial charge in [-0.15, -0.1) is 0 Å². The molecule has 0 aliphatic rings. The molecule has 0 radical (unpaired) electrons. The summed E-state index contributed by atoms with van der Waals surface area (Å²) in [6.45, 7) is 5.15. The molecule has 0 spiro atoms. The van der Waals surface area contributed by atoms with Gasteiger partial charge < -0.3 is 14.1 Å². The van der Waals surface area contributed by atoms with Gasteiger partial charge in [0.2, 0.25) is 5.89 Å². The Balaban J connectivity index is 2.15. The number of para-hydroxylation sites is 2. The number of aryl methyl sites for hydroxylation is 1. The van der Waals surface area contributed by atoms with Crippen molar-refractivity contribution in [3.63, 3.8) is 0 Å². The van der Waals surface area contributed by atoms with Gasteiger partial charge in [0, 0.05) is 7.05 Å². The number of hydrogen-bond donors (Lipinski definition) is 0. The fourth-order valence-corrected chi connectivity index (χ4v) is 1.81. The van der Waals surface area contributed by atoms with Crippen molar-refractivity contribution >= 4 is 5.69 Å². The molecule has 0 atom stereocenters. The van der Waals surface area contributed by atoms with Crippen molar-refractivity contribution in [1.29, 1.82) is 0 Å². The maximum absolute atomic E-state index is 5.61. The van der Waals surface area contributed by atoms with Crippen LogP contribution in [-0.2, 0) is 6.54 Å². The van der Waals surface area contributed by atoms with E-state index in [2.05, 4.69) is 9.88 Å². The average molecular weight is 246 g/mol. The van der Waals surface area contributed by atoms with E-state index in [1.165, 1.54) is 0 Å². The van der Waals surface area contributed by atoms with Crippen LogP contribution >= 0.6 is 0 Å². The molecule has 1 aromatic carbocycles. The number of nitrogens with zero attached hydrogens (tertiary/aromatic N) is 2. The summed E-state index contributed by atoms with van der Waals surface area (Å²) in [5.74, 6) is 2.42. The molecular weight excluding hydrogens is 228 g/mol. The van der Waals surface area contributed by atoms with Crippen molar-refractivity contribution in [1.82, 2.24) is 4.98 Å². The lowest BCUT2D eigenvalue weighted by atomic mass is 10.2. The zero-order valence-corrected chi connectivity index (χ0v) is 11.0. The number of aromatic nitrogens is 1. The van der Waals surface area contributed by atoms with Gasteiger partial charge in [-0.2, -0.15) is 0 Å². The van der Waals surface area contributed by atoms with E-state index in [0.717, 1.165) is 17.2 Å².